The first-order valence-electron chi connectivity index (χ1n) is 8.56. The average Bonchev–Trinajstić information content (AvgIpc) is 3.00. The maximum Gasteiger partial charge on any atom is 0.249 e. The number of aromatic nitrogens is 1. The van der Waals surface area contributed by atoms with E-state index in [1.807, 2.05) is 30.3 Å². The molecule has 0 radical (unpaired) electrons. The Kier molecular flexibility index (Phi) is 3.81. The van der Waals surface area contributed by atoms with Crippen LogP contribution < -0.4 is 5.73 Å². The minimum absolute atomic E-state index is 0.199. The largest absolute Gasteiger partial charge is 0.366 e. The van der Waals surface area contributed by atoms with E-state index in [2.05, 4.69) is 23.6 Å². The highest BCUT2D eigenvalue weighted by Gasteiger charge is 2.18. The molecule has 4 rings (SSSR count). The van der Waals surface area contributed by atoms with Crippen LogP contribution in [0.2, 0.25) is 0 Å². The number of primary amides is 1. The summed E-state index contributed by atoms with van der Waals surface area (Å²) in [6.45, 7) is 2.95. The monoisotopic (exact) mass is 342 g/mol. The number of nitrogens with two attached hydrogens (primary N) is 1. The van der Waals surface area contributed by atoms with Crippen molar-refractivity contribution >= 4 is 33.5 Å². The van der Waals surface area contributed by atoms with Gasteiger partial charge in [-0.05, 0) is 37.3 Å². The maximum absolute atomic E-state index is 13.0. The van der Waals surface area contributed by atoms with E-state index in [-0.39, 0.29) is 11.3 Å². The topological polar surface area (TPSA) is 65.1 Å². The number of amides is 1. The smallest absolute Gasteiger partial charge is 0.249 e. The molecule has 0 saturated heterocycles. The molecule has 4 nitrogen and oxygen atoms in total. The second kappa shape index (κ2) is 6.15. The number of para-hydroxylation sites is 1. The molecule has 0 bridgehead atoms. The minimum Gasteiger partial charge on any atom is -0.366 e. The lowest BCUT2D eigenvalue weighted by molar-refractivity contribution is 0.0981. The van der Waals surface area contributed by atoms with Crippen LogP contribution in [0.15, 0.2) is 66.7 Å². The Labute approximate surface area is 150 Å². The number of fused-ring (bicyclic) bond motifs is 3. The van der Waals surface area contributed by atoms with Gasteiger partial charge in [0.1, 0.15) is 0 Å². The van der Waals surface area contributed by atoms with Gasteiger partial charge in [0.2, 0.25) is 5.91 Å². The molecule has 4 heteroatoms. The lowest BCUT2D eigenvalue weighted by Crippen LogP contribution is -2.16. The summed E-state index contributed by atoms with van der Waals surface area (Å²) in [5.41, 5.74) is 8.78. The Morgan fingerprint density at radius 2 is 1.50 bits per heavy atom. The van der Waals surface area contributed by atoms with Crippen LogP contribution in [0, 0.1) is 0 Å². The molecule has 0 unspecified atom stereocenters. The van der Waals surface area contributed by atoms with Crippen LogP contribution in [0.5, 0.6) is 0 Å². The number of rotatable bonds is 4. The molecule has 0 aliphatic carbocycles. The zero-order valence-electron chi connectivity index (χ0n) is 14.4. The van der Waals surface area contributed by atoms with Crippen LogP contribution in [-0.2, 0) is 6.54 Å². The highest BCUT2D eigenvalue weighted by molar-refractivity contribution is 6.17. The predicted molar refractivity (Wildman–Crippen MR) is 104 cm³/mol. The highest BCUT2D eigenvalue weighted by atomic mass is 16.1. The zero-order valence-corrected chi connectivity index (χ0v) is 14.4. The molecule has 0 fully saturated rings. The van der Waals surface area contributed by atoms with E-state index in [9.17, 15) is 9.59 Å². The van der Waals surface area contributed by atoms with Crippen LogP contribution in [-0.4, -0.2) is 16.3 Å². The minimum atomic E-state index is -0.599. The van der Waals surface area contributed by atoms with E-state index in [1.54, 1.807) is 24.3 Å². The molecule has 1 heterocycles. The summed E-state index contributed by atoms with van der Waals surface area (Å²) in [5, 5.41) is 2.15. The van der Waals surface area contributed by atoms with E-state index in [0.717, 1.165) is 28.4 Å². The van der Waals surface area contributed by atoms with Crippen molar-refractivity contribution in [3.8, 4) is 0 Å². The van der Waals surface area contributed by atoms with Gasteiger partial charge in [0.15, 0.2) is 5.78 Å². The van der Waals surface area contributed by atoms with Crippen molar-refractivity contribution in [2.75, 3.05) is 0 Å². The van der Waals surface area contributed by atoms with Crippen molar-refractivity contribution in [2.24, 2.45) is 5.73 Å². The molecule has 1 amide bonds. The summed E-state index contributed by atoms with van der Waals surface area (Å²) >= 11 is 0. The number of carbonyl (C=O) groups is 2. The van der Waals surface area contributed by atoms with Crippen LogP contribution in [0.4, 0.5) is 0 Å². The molecule has 0 saturated carbocycles. The molecule has 2 N–H and O–H groups in total. The zero-order chi connectivity index (χ0) is 18.3. The van der Waals surface area contributed by atoms with E-state index in [1.165, 1.54) is 0 Å². The molecule has 0 atom stereocenters. The lowest BCUT2D eigenvalue weighted by atomic mass is 9.97. The van der Waals surface area contributed by atoms with Gasteiger partial charge in [0.25, 0.3) is 0 Å². The third kappa shape index (κ3) is 2.39. The SMILES string of the molecule is CCn1c2ccccc2c2cc(C(=O)c3ccccc3C(N)=O)ccc21. The van der Waals surface area contributed by atoms with Gasteiger partial charge in [-0.1, -0.05) is 36.4 Å². The van der Waals surface area contributed by atoms with Crippen molar-refractivity contribution in [3.05, 3.63) is 83.4 Å². The van der Waals surface area contributed by atoms with E-state index in [4.69, 9.17) is 5.73 Å². The van der Waals surface area contributed by atoms with Crippen molar-refractivity contribution < 1.29 is 9.59 Å². The molecular weight excluding hydrogens is 324 g/mol. The number of hydrogen-bond acceptors (Lipinski definition) is 2. The Balaban J connectivity index is 1.93. The standard InChI is InChI=1S/C22H18N2O2/c1-2-24-19-10-6-5-7-15(19)18-13-14(11-12-20(18)24)21(25)16-8-3-4-9-17(16)22(23)26/h3-13H,2H2,1H3,(H2,23,26). The molecule has 0 aliphatic heterocycles. The first-order chi connectivity index (χ1) is 12.6. The molecule has 128 valence electrons. The summed E-state index contributed by atoms with van der Waals surface area (Å²) in [6, 6.07) is 20.5. The number of ketones is 1. The Morgan fingerprint density at radius 3 is 2.23 bits per heavy atom. The maximum atomic E-state index is 13.0. The molecule has 3 aromatic carbocycles. The van der Waals surface area contributed by atoms with Crippen molar-refractivity contribution in [1.29, 1.82) is 0 Å². The third-order valence-corrected chi connectivity index (χ3v) is 4.79. The van der Waals surface area contributed by atoms with Crippen LogP contribution in [0.1, 0.15) is 33.2 Å². The van der Waals surface area contributed by atoms with Gasteiger partial charge >= 0.3 is 0 Å². The normalized spacial score (nSPS) is 11.1. The van der Waals surface area contributed by atoms with Crippen molar-refractivity contribution in [1.82, 2.24) is 4.57 Å². The fourth-order valence-corrected chi connectivity index (χ4v) is 3.59. The molecular formula is C22H18N2O2. The van der Waals surface area contributed by atoms with Gasteiger partial charge in [-0.2, -0.15) is 0 Å². The van der Waals surface area contributed by atoms with Gasteiger partial charge in [-0.15, -0.1) is 0 Å². The fraction of sp³-hybridized carbons (Fsp3) is 0.0909. The van der Waals surface area contributed by atoms with Crippen molar-refractivity contribution in [3.63, 3.8) is 0 Å². The van der Waals surface area contributed by atoms with Crippen LogP contribution >= 0.6 is 0 Å². The summed E-state index contributed by atoms with van der Waals surface area (Å²) in [7, 11) is 0. The van der Waals surface area contributed by atoms with Crippen LogP contribution in [0.3, 0.4) is 0 Å². The number of nitrogens with zero attached hydrogens (tertiary/aromatic N) is 1. The number of hydrogen-bond donors (Lipinski definition) is 1. The summed E-state index contributed by atoms with van der Waals surface area (Å²) in [4.78, 5) is 24.7. The second-order valence-corrected chi connectivity index (χ2v) is 6.23. The van der Waals surface area contributed by atoms with Crippen LogP contribution in [0.25, 0.3) is 21.8 Å². The predicted octanol–water partition coefficient (Wildman–Crippen LogP) is 4.14. The number of carbonyl (C=O) groups excluding carboxylic acids is 2. The molecule has 0 spiro atoms. The molecule has 0 aliphatic rings. The highest BCUT2D eigenvalue weighted by Crippen LogP contribution is 2.30. The summed E-state index contributed by atoms with van der Waals surface area (Å²) < 4.78 is 2.23. The Hall–Kier alpha value is -3.40. The van der Waals surface area contributed by atoms with E-state index < -0.39 is 5.91 Å². The fourth-order valence-electron chi connectivity index (χ4n) is 3.59. The van der Waals surface area contributed by atoms with E-state index in [0.29, 0.717) is 11.1 Å². The van der Waals surface area contributed by atoms with Gasteiger partial charge in [-0.25, -0.2) is 0 Å². The first kappa shape index (κ1) is 16.1. The number of benzene rings is 3. The second-order valence-electron chi connectivity index (χ2n) is 6.23. The molecule has 4 aromatic rings. The Morgan fingerprint density at radius 1 is 0.846 bits per heavy atom. The summed E-state index contributed by atoms with van der Waals surface area (Å²) in [6.07, 6.45) is 0. The third-order valence-electron chi connectivity index (χ3n) is 4.79. The first-order valence-corrected chi connectivity index (χ1v) is 8.56. The van der Waals surface area contributed by atoms with Crippen molar-refractivity contribution in [2.45, 2.75) is 13.5 Å². The number of aryl methyl sites for hydroxylation is 1. The average molecular weight is 342 g/mol. The molecule has 1 aromatic heterocycles. The Bertz CT molecular complexity index is 1170. The van der Waals surface area contributed by atoms with Gasteiger partial charge < -0.3 is 10.3 Å². The summed E-state index contributed by atoms with van der Waals surface area (Å²) in [5.74, 6) is -0.799. The van der Waals surface area contributed by atoms with Gasteiger partial charge in [0.05, 0.1) is 5.56 Å². The quantitative estimate of drug-likeness (QED) is 0.566. The van der Waals surface area contributed by atoms with Gasteiger partial charge in [-0.3, -0.25) is 9.59 Å². The van der Waals surface area contributed by atoms with E-state index >= 15 is 0 Å². The lowest BCUT2D eigenvalue weighted by Gasteiger charge is -2.07. The van der Waals surface area contributed by atoms with Gasteiger partial charge in [0, 0.05) is 39.5 Å². The molecule has 26 heavy (non-hydrogen) atoms.